The Morgan fingerprint density at radius 2 is 1.88 bits per heavy atom. The van der Waals surface area contributed by atoms with Crippen molar-refractivity contribution >= 4 is 15.9 Å². The predicted molar refractivity (Wildman–Crippen MR) is 85.7 cm³/mol. The monoisotopic (exact) mass is 352 g/mol. The summed E-state index contributed by atoms with van der Waals surface area (Å²) in [6, 6.07) is 5.56. The van der Waals surface area contributed by atoms with Crippen molar-refractivity contribution in [3.63, 3.8) is 0 Å². The van der Waals surface area contributed by atoms with Gasteiger partial charge in [-0.05, 0) is 49.2 Å². The fraction of sp³-hybridized carbons (Fsp3) is 0.250. The summed E-state index contributed by atoms with van der Waals surface area (Å²) in [7, 11) is -2.58. The molecule has 0 bridgehead atoms. The fourth-order valence-electron chi connectivity index (χ4n) is 2.11. The molecule has 0 unspecified atom stereocenters. The van der Waals surface area contributed by atoms with Crippen molar-refractivity contribution in [3.05, 3.63) is 53.1 Å². The third kappa shape index (κ3) is 4.08. The predicted octanol–water partition coefficient (Wildman–Crippen LogP) is 1.89. The van der Waals surface area contributed by atoms with Gasteiger partial charge >= 0.3 is 0 Å². The van der Waals surface area contributed by atoms with E-state index in [2.05, 4.69) is 4.98 Å². The van der Waals surface area contributed by atoms with Crippen LogP contribution in [0.15, 0.2) is 35.4 Å². The second-order valence-electron chi connectivity index (χ2n) is 5.27. The second-order valence-corrected chi connectivity index (χ2v) is 6.95. The van der Waals surface area contributed by atoms with E-state index in [1.54, 1.807) is 12.1 Å². The topological polar surface area (TPSA) is 85.4 Å². The van der Waals surface area contributed by atoms with Gasteiger partial charge in [0.25, 0.3) is 10.0 Å². The molecule has 0 spiro atoms. The quantitative estimate of drug-likeness (QED) is 0.888. The molecule has 6 nitrogen and oxygen atoms in total. The van der Waals surface area contributed by atoms with Crippen LogP contribution in [0.3, 0.4) is 0 Å². The third-order valence-electron chi connectivity index (χ3n) is 3.34. The second kappa shape index (κ2) is 6.96. The molecule has 2 aromatic rings. The number of nitrogens with zero attached hydrogens (tertiary/aromatic N) is 1. The molecule has 0 saturated heterocycles. The van der Waals surface area contributed by atoms with Crippen LogP contribution < -0.4 is 9.46 Å². The molecule has 0 saturated carbocycles. The van der Waals surface area contributed by atoms with Gasteiger partial charge in [0.05, 0.1) is 24.6 Å². The Morgan fingerprint density at radius 3 is 2.38 bits per heavy atom. The van der Waals surface area contributed by atoms with E-state index in [1.165, 1.54) is 39.3 Å². The first-order valence-electron chi connectivity index (χ1n) is 7.04. The Bertz CT molecular complexity index is 841. The number of sulfonamides is 1. The zero-order chi connectivity index (χ0) is 17.9. The van der Waals surface area contributed by atoms with E-state index in [9.17, 15) is 17.6 Å². The largest absolute Gasteiger partial charge is 0.495 e. The standard InChI is InChI=1S/C16H17FN2O4S/c1-10-6-14(7-11(2)16(10)17)24(21,22)19-15(20)8-12-4-5-13(23-3)9-18-12/h4-7,9H,8H2,1-3H3,(H,19,20). The number of aryl methyl sites for hydroxylation is 2. The van der Waals surface area contributed by atoms with Crippen LogP contribution >= 0.6 is 0 Å². The summed E-state index contributed by atoms with van der Waals surface area (Å²) >= 11 is 0. The van der Waals surface area contributed by atoms with Gasteiger partial charge in [-0.2, -0.15) is 0 Å². The van der Waals surface area contributed by atoms with Gasteiger partial charge in [0.2, 0.25) is 5.91 Å². The molecule has 8 heteroatoms. The Morgan fingerprint density at radius 1 is 1.25 bits per heavy atom. The highest BCUT2D eigenvalue weighted by atomic mass is 32.2. The van der Waals surface area contributed by atoms with Gasteiger partial charge in [-0.1, -0.05) is 0 Å². The summed E-state index contributed by atoms with van der Waals surface area (Å²) in [5, 5.41) is 0. The number of aromatic nitrogens is 1. The fourth-order valence-corrected chi connectivity index (χ4v) is 3.26. The van der Waals surface area contributed by atoms with Gasteiger partial charge in [0.1, 0.15) is 11.6 Å². The van der Waals surface area contributed by atoms with Crippen molar-refractivity contribution in [2.24, 2.45) is 0 Å². The van der Waals surface area contributed by atoms with Crippen LogP contribution in [-0.4, -0.2) is 26.4 Å². The maximum atomic E-state index is 13.6. The van der Waals surface area contributed by atoms with Crippen molar-refractivity contribution < 1.29 is 22.3 Å². The van der Waals surface area contributed by atoms with Crippen molar-refractivity contribution in [2.75, 3.05) is 7.11 Å². The van der Waals surface area contributed by atoms with Gasteiger partial charge in [0, 0.05) is 5.69 Å². The molecule has 0 atom stereocenters. The molecule has 0 radical (unpaired) electrons. The molecule has 0 fully saturated rings. The maximum absolute atomic E-state index is 13.6. The Balaban J connectivity index is 2.14. The lowest BCUT2D eigenvalue weighted by Gasteiger charge is -2.09. The maximum Gasteiger partial charge on any atom is 0.264 e. The SMILES string of the molecule is COc1ccc(CC(=O)NS(=O)(=O)c2cc(C)c(F)c(C)c2)nc1. The average molecular weight is 352 g/mol. The minimum atomic E-state index is -4.07. The molecule has 2 rings (SSSR count). The van der Waals surface area contributed by atoms with Gasteiger partial charge in [-0.15, -0.1) is 0 Å². The summed E-state index contributed by atoms with van der Waals surface area (Å²) in [5.74, 6) is -0.668. The number of carbonyl (C=O) groups excluding carboxylic acids is 1. The first-order chi connectivity index (χ1) is 11.2. The van der Waals surface area contributed by atoms with E-state index >= 15 is 0 Å². The van der Waals surface area contributed by atoms with Gasteiger partial charge in [0.15, 0.2) is 0 Å². The molecule has 1 amide bonds. The molecule has 1 aromatic carbocycles. The molecule has 0 aliphatic carbocycles. The number of hydrogen-bond donors (Lipinski definition) is 1. The highest BCUT2D eigenvalue weighted by molar-refractivity contribution is 7.90. The highest BCUT2D eigenvalue weighted by Gasteiger charge is 2.20. The van der Waals surface area contributed by atoms with Crippen LogP contribution in [0, 0.1) is 19.7 Å². The Kier molecular flexibility index (Phi) is 5.18. The van der Waals surface area contributed by atoms with Gasteiger partial charge < -0.3 is 4.74 Å². The smallest absolute Gasteiger partial charge is 0.264 e. The number of halogens is 1. The lowest BCUT2D eigenvalue weighted by molar-refractivity contribution is -0.118. The van der Waals surface area contributed by atoms with Gasteiger partial charge in [-0.3, -0.25) is 9.78 Å². The summed E-state index contributed by atoms with van der Waals surface area (Å²) in [6.45, 7) is 2.93. The zero-order valence-corrected chi connectivity index (χ0v) is 14.3. The summed E-state index contributed by atoms with van der Waals surface area (Å²) < 4.78 is 45.0. The van der Waals surface area contributed by atoms with Crippen LogP contribution in [0.25, 0.3) is 0 Å². The van der Waals surface area contributed by atoms with Crippen molar-refractivity contribution in [1.29, 1.82) is 0 Å². The molecule has 0 aliphatic rings. The molecular formula is C16H17FN2O4S. The summed E-state index contributed by atoms with van der Waals surface area (Å²) in [4.78, 5) is 15.8. The third-order valence-corrected chi connectivity index (χ3v) is 4.70. The van der Waals surface area contributed by atoms with Crippen molar-refractivity contribution in [1.82, 2.24) is 9.71 Å². The normalized spacial score (nSPS) is 11.2. The zero-order valence-electron chi connectivity index (χ0n) is 13.5. The summed E-state index contributed by atoms with van der Waals surface area (Å²) in [6.07, 6.45) is 1.23. The number of amides is 1. The minimum absolute atomic E-state index is 0.157. The van der Waals surface area contributed by atoms with Crippen LogP contribution in [0.4, 0.5) is 4.39 Å². The number of ether oxygens (including phenoxy) is 1. The molecule has 1 heterocycles. The van der Waals surface area contributed by atoms with E-state index in [-0.39, 0.29) is 22.4 Å². The Labute approximate surface area is 139 Å². The number of nitrogens with one attached hydrogen (secondary N) is 1. The first kappa shape index (κ1) is 17.9. The molecular weight excluding hydrogens is 335 g/mol. The number of rotatable bonds is 5. The number of pyridine rings is 1. The molecule has 128 valence electrons. The lowest BCUT2D eigenvalue weighted by Crippen LogP contribution is -2.32. The molecule has 0 aliphatic heterocycles. The van der Waals surface area contributed by atoms with Crippen LogP contribution in [0.5, 0.6) is 5.75 Å². The minimum Gasteiger partial charge on any atom is -0.495 e. The summed E-state index contributed by atoms with van der Waals surface area (Å²) in [5.41, 5.74) is 0.786. The number of benzene rings is 1. The van der Waals surface area contributed by atoms with E-state index in [1.807, 2.05) is 4.72 Å². The molecule has 1 N–H and O–H groups in total. The average Bonchev–Trinajstić information content (AvgIpc) is 2.52. The van der Waals surface area contributed by atoms with E-state index in [0.717, 1.165) is 0 Å². The first-order valence-corrected chi connectivity index (χ1v) is 8.52. The van der Waals surface area contributed by atoms with E-state index in [0.29, 0.717) is 11.4 Å². The molecule has 24 heavy (non-hydrogen) atoms. The lowest BCUT2D eigenvalue weighted by atomic mass is 10.1. The van der Waals surface area contributed by atoms with Crippen molar-refractivity contribution in [2.45, 2.75) is 25.2 Å². The van der Waals surface area contributed by atoms with E-state index in [4.69, 9.17) is 4.74 Å². The number of hydrogen-bond acceptors (Lipinski definition) is 5. The number of methoxy groups -OCH3 is 1. The van der Waals surface area contributed by atoms with E-state index < -0.39 is 21.7 Å². The van der Waals surface area contributed by atoms with Crippen LogP contribution in [0.1, 0.15) is 16.8 Å². The number of carbonyl (C=O) groups is 1. The molecule has 1 aromatic heterocycles. The van der Waals surface area contributed by atoms with Crippen molar-refractivity contribution in [3.8, 4) is 5.75 Å². The van der Waals surface area contributed by atoms with Gasteiger partial charge in [-0.25, -0.2) is 17.5 Å². The highest BCUT2D eigenvalue weighted by Crippen LogP contribution is 2.18. The van der Waals surface area contributed by atoms with Crippen LogP contribution in [0.2, 0.25) is 0 Å². The van der Waals surface area contributed by atoms with Crippen LogP contribution in [-0.2, 0) is 21.2 Å². The Hall–Kier alpha value is -2.48.